The van der Waals surface area contributed by atoms with Crippen molar-refractivity contribution in [1.82, 2.24) is 24.1 Å². The van der Waals surface area contributed by atoms with Crippen LogP contribution >= 0.6 is 11.6 Å². The molecule has 164 valence electrons. The van der Waals surface area contributed by atoms with E-state index in [4.69, 9.17) is 30.0 Å². The zero-order chi connectivity index (χ0) is 24.7. The molecular formula is C24H18ClFN6O. The van der Waals surface area contributed by atoms with Gasteiger partial charge in [-0.1, -0.05) is 12.1 Å². The third kappa shape index (κ3) is 3.74. The lowest BCUT2D eigenvalue weighted by Gasteiger charge is -2.11. The van der Waals surface area contributed by atoms with Crippen molar-refractivity contribution in [1.29, 1.82) is 0 Å². The molecule has 0 unspecified atom stereocenters. The summed E-state index contributed by atoms with van der Waals surface area (Å²) in [6.45, 7) is -3.35. The number of fused-ring (bicyclic) bond motifs is 1. The van der Waals surface area contributed by atoms with Crippen LogP contribution in [0.2, 0.25) is 0 Å². The Morgan fingerprint density at radius 1 is 1.06 bits per heavy atom. The van der Waals surface area contributed by atoms with Crippen LogP contribution in [0.25, 0.3) is 39.5 Å². The number of benzene rings is 1. The van der Waals surface area contributed by atoms with Crippen LogP contribution in [-0.2, 0) is 12.6 Å². The summed E-state index contributed by atoms with van der Waals surface area (Å²) in [6.07, 6.45) is 2.70. The Bertz CT molecular complexity index is 1610. The standard InChI is InChI=1S/C24H18ClFN6O/c25-12-15-3-6-17(7-4-15)32-23(18-2-1-11-28-22(18)27)30-20-9-8-19(29-24(20)32)16-5-10-21(33)31(13-16)14-26/h1-11,13H,12,14H2,(H2,27,28)/i14D2. The summed E-state index contributed by atoms with van der Waals surface area (Å²) >= 11 is 5.96. The first-order valence-electron chi connectivity index (χ1n) is 10.9. The van der Waals surface area contributed by atoms with Gasteiger partial charge in [-0.2, -0.15) is 0 Å². The van der Waals surface area contributed by atoms with Crippen LogP contribution in [0.15, 0.2) is 77.9 Å². The number of nitrogen functional groups attached to an aromatic ring is 1. The van der Waals surface area contributed by atoms with E-state index in [1.54, 1.807) is 24.4 Å². The summed E-state index contributed by atoms with van der Waals surface area (Å²) < 4.78 is 30.8. The van der Waals surface area contributed by atoms with Crippen molar-refractivity contribution in [2.45, 2.75) is 12.6 Å². The maximum absolute atomic E-state index is 13.9. The lowest BCUT2D eigenvalue weighted by molar-refractivity contribution is 0.369. The number of hydrogen-bond acceptors (Lipinski definition) is 5. The van der Waals surface area contributed by atoms with Gasteiger partial charge in [0, 0.05) is 35.6 Å². The number of halogens is 2. The van der Waals surface area contributed by atoms with Gasteiger partial charge < -0.3 is 5.73 Å². The number of rotatable bonds is 5. The first kappa shape index (κ1) is 18.5. The fourth-order valence-electron chi connectivity index (χ4n) is 3.59. The summed E-state index contributed by atoms with van der Waals surface area (Å²) in [5, 5.41) is 0. The van der Waals surface area contributed by atoms with Gasteiger partial charge in [0.2, 0.25) is 0 Å². The zero-order valence-corrected chi connectivity index (χ0v) is 17.9. The summed E-state index contributed by atoms with van der Waals surface area (Å²) in [5.41, 5.74) is 9.49. The van der Waals surface area contributed by atoms with Gasteiger partial charge in [-0.05, 0) is 48.0 Å². The molecule has 33 heavy (non-hydrogen) atoms. The van der Waals surface area contributed by atoms with Crippen molar-refractivity contribution in [3.63, 3.8) is 0 Å². The molecule has 7 nitrogen and oxygen atoms in total. The summed E-state index contributed by atoms with van der Waals surface area (Å²) in [6, 6.07) is 17.1. The summed E-state index contributed by atoms with van der Waals surface area (Å²) in [4.78, 5) is 25.6. The molecule has 4 heterocycles. The van der Waals surface area contributed by atoms with Crippen molar-refractivity contribution >= 4 is 28.6 Å². The van der Waals surface area contributed by atoms with E-state index in [1.165, 1.54) is 6.07 Å². The fourth-order valence-corrected chi connectivity index (χ4v) is 3.77. The van der Waals surface area contributed by atoms with Crippen molar-refractivity contribution in [3.8, 4) is 28.3 Å². The Morgan fingerprint density at radius 2 is 1.88 bits per heavy atom. The van der Waals surface area contributed by atoms with Crippen LogP contribution < -0.4 is 11.3 Å². The van der Waals surface area contributed by atoms with E-state index in [0.717, 1.165) is 23.5 Å². The maximum Gasteiger partial charge on any atom is 0.252 e. The molecule has 5 rings (SSSR count). The second kappa shape index (κ2) is 8.48. The van der Waals surface area contributed by atoms with E-state index in [-0.39, 0.29) is 0 Å². The van der Waals surface area contributed by atoms with Crippen LogP contribution in [-0.4, -0.2) is 24.1 Å². The minimum atomic E-state index is -3.35. The number of nitrogens with two attached hydrogens (primary N) is 1. The third-order valence-corrected chi connectivity index (χ3v) is 5.54. The maximum atomic E-state index is 13.9. The predicted molar refractivity (Wildman–Crippen MR) is 127 cm³/mol. The normalized spacial score (nSPS) is 12.5. The number of hydrogen-bond donors (Lipinski definition) is 1. The van der Waals surface area contributed by atoms with Gasteiger partial charge in [0.15, 0.2) is 18.2 Å². The Balaban J connectivity index is 1.76. The summed E-state index contributed by atoms with van der Waals surface area (Å²) in [5.74, 6) is 1.20. The molecule has 9 heteroatoms. The monoisotopic (exact) mass is 462 g/mol. The van der Waals surface area contributed by atoms with Gasteiger partial charge >= 0.3 is 0 Å². The molecule has 0 aliphatic rings. The highest BCUT2D eigenvalue weighted by atomic mass is 35.5. The lowest BCUT2D eigenvalue weighted by Crippen LogP contribution is -2.16. The Hall–Kier alpha value is -4.04. The highest BCUT2D eigenvalue weighted by Gasteiger charge is 2.18. The van der Waals surface area contributed by atoms with Crippen molar-refractivity contribution < 1.29 is 7.13 Å². The molecule has 0 saturated heterocycles. The highest BCUT2D eigenvalue weighted by Crippen LogP contribution is 2.31. The van der Waals surface area contributed by atoms with Crippen LogP contribution in [0.3, 0.4) is 0 Å². The Kier molecular flexibility index (Phi) is 4.76. The fraction of sp³-hybridized carbons (Fsp3) is 0.0833. The van der Waals surface area contributed by atoms with Gasteiger partial charge in [0.1, 0.15) is 11.3 Å². The average molecular weight is 463 g/mol. The number of anilines is 1. The molecule has 1 aromatic carbocycles. The molecular weight excluding hydrogens is 443 g/mol. The first-order valence-corrected chi connectivity index (χ1v) is 10.5. The van der Waals surface area contributed by atoms with Crippen molar-refractivity contribution in [2.75, 3.05) is 5.73 Å². The van der Waals surface area contributed by atoms with Gasteiger partial charge in [-0.25, -0.2) is 19.3 Å². The lowest BCUT2D eigenvalue weighted by atomic mass is 10.2. The van der Waals surface area contributed by atoms with Crippen molar-refractivity contribution in [2.24, 2.45) is 0 Å². The van der Waals surface area contributed by atoms with Crippen LogP contribution in [0.4, 0.5) is 10.2 Å². The smallest absolute Gasteiger partial charge is 0.252 e. The molecule has 0 bridgehead atoms. The molecule has 0 radical (unpaired) electrons. The summed E-state index contributed by atoms with van der Waals surface area (Å²) in [7, 11) is 0. The molecule has 0 aliphatic carbocycles. The average Bonchev–Trinajstić information content (AvgIpc) is 3.22. The SMILES string of the molecule is [2H]C([2H])(F)n1cc(-c2ccc3nc(-c4cccnc4N)n(-c4ccc(CCl)cc4)c3n2)ccc1=O. The topological polar surface area (TPSA) is 91.6 Å². The highest BCUT2D eigenvalue weighted by molar-refractivity contribution is 6.17. The third-order valence-electron chi connectivity index (χ3n) is 5.23. The van der Waals surface area contributed by atoms with Gasteiger partial charge in [-0.15, -0.1) is 11.6 Å². The predicted octanol–water partition coefficient (Wildman–Crippen LogP) is 4.56. The minimum absolute atomic E-state index is 0.305. The van der Waals surface area contributed by atoms with E-state index in [2.05, 4.69) is 4.98 Å². The molecule has 0 spiro atoms. The molecule has 0 atom stereocenters. The molecule has 0 amide bonds. The van der Waals surface area contributed by atoms with E-state index >= 15 is 0 Å². The van der Waals surface area contributed by atoms with E-state index in [9.17, 15) is 9.18 Å². The van der Waals surface area contributed by atoms with E-state index < -0.39 is 12.3 Å². The molecule has 0 fully saturated rings. The number of pyridine rings is 3. The quantitative estimate of drug-likeness (QED) is 0.386. The van der Waals surface area contributed by atoms with Gasteiger partial charge in [-0.3, -0.25) is 13.9 Å². The minimum Gasteiger partial charge on any atom is -0.383 e. The molecule has 0 saturated carbocycles. The Labute approximate surface area is 195 Å². The number of nitrogens with zero attached hydrogens (tertiary/aromatic N) is 5. The second-order valence-electron chi connectivity index (χ2n) is 7.26. The zero-order valence-electron chi connectivity index (χ0n) is 19.1. The van der Waals surface area contributed by atoms with Gasteiger partial charge in [0.25, 0.3) is 5.56 Å². The molecule has 2 N–H and O–H groups in total. The Morgan fingerprint density at radius 3 is 2.61 bits per heavy atom. The molecule has 0 aliphatic heterocycles. The first-order chi connectivity index (χ1) is 16.8. The number of imidazole rings is 1. The van der Waals surface area contributed by atoms with Gasteiger partial charge in [0.05, 0.1) is 14.0 Å². The van der Waals surface area contributed by atoms with E-state index in [1.807, 2.05) is 34.9 Å². The largest absolute Gasteiger partial charge is 0.383 e. The van der Waals surface area contributed by atoms with E-state index in [0.29, 0.717) is 50.1 Å². The number of alkyl halides is 2. The molecule has 5 aromatic rings. The second-order valence-corrected chi connectivity index (χ2v) is 7.52. The van der Waals surface area contributed by atoms with Crippen LogP contribution in [0, 0.1) is 0 Å². The number of aromatic nitrogens is 5. The molecule has 4 aromatic heterocycles. The van der Waals surface area contributed by atoms with Crippen LogP contribution in [0.1, 0.15) is 8.30 Å². The van der Waals surface area contributed by atoms with Crippen LogP contribution in [0.5, 0.6) is 0 Å². The van der Waals surface area contributed by atoms with Crippen molar-refractivity contribution in [3.05, 3.63) is 89.0 Å².